The number of nitrogens with zero attached hydrogens (tertiary/aromatic N) is 3. The number of likely N-dealkylation sites (tertiary alicyclic amines) is 1. The lowest BCUT2D eigenvalue weighted by atomic mass is 9.92. The summed E-state index contributed by atoms with van der Waals surface area (Å²) in [5.74, 6) is 0.512. The predicted octanol–water partition coefficient (Wildman–Crippen LogP) is 5.24. The summed E-state index contributed by atoms with van der Waals surface area (Å²) < 4.78 is 5.48. The second-order valence-electron chi connectivity index (χ2n) is 12.5. The van der Waals surface area contributed by atoms with E-state index in [1.165, 1.54) is 12.8 Å². The molecule has 0 N–H and O–H groups in total. The first-order valence-corrected chi connectivity index (χ1v) is 14.6. The Bertz CT molecular complexity index is 1050. The number of hydrogen-bond acceptors (Lipinski definition) is 5. The Morgan fingerprint density at radius 3 is 2.32 bits per heavy atom. The molecule has 2 saturated heterocycles. The maximum absolute atomic E-state index is 13.2. The number of halogens is 1. The standard InChI is InChI=1S/C30H44ClN3O4/c1-20-17-32(12-13-34(20)28(36)22-8-6-7-9-22)18-25-15-26(31)14-24(21(25)2)16-27(35)23-10-11-33(19-23)29(37)38-30(3,4)5/h14-15,20,22-23H,6-13,16-19H2,1-5H3/t20-,23-/m0/s1. The van der Waals surface area contributed by atoms with Crippen LogP contribution in [0.3, 0.4) is 0 Å². The normalized spacial score (nSPS) is 23.2. The van der Waals surface area contributed by atoms with Gasteiger partial charge in [0.25, 0.3) is 0 Å². The summed E-state index contributed by atoms with van der Waals surface area (Å²) in [6.07, 6.45) is 5.04. The third kappa shape index (κ3) is 7.09. The minimum atomic E-state index is -0.552. The molecule has 7 nitrogen and oxygen atoms in total. The Morgan fingerprint density at radius 1 is 0.974 bits per heavy atom. The topological polar surface area (TPSA) is 70.2 Å². The van der Waals surface area contributed by atoms with Gasteiger partial charge in [-0.25, -0.2) is 4.79 Å². The number of carbonyl (C=O) groups is 3. The quantitative estimate of drug-likeness (QED) is 0.489. The van der Waals surface area contributed by atoms with E-state index in [1.54, 1.807) is 4.90 Å². The molecule has 2 heterocycles. The summed E-state index contributed by atoms with van der Waals surface area (Å²) in [6.45, 7) is 13.9. The van der Waals surface area contributed by atoms with Gasteiger partial charge in [-0.15, -0.1) is 0 Å². The van der Waals surface area contributed by atoms with Crippen LogP contribution in [0.15, 0.2) is 12.1 Å². The van der Waals surface area contributed by atoms with Crippen LogP contribution in [0, 0.1) is 18.8 Å². The lowest BCUT2D eigenvalue weighted by Gasteiger charge is -2.41. The van der Waals surface area contributed by atoms with Gasteiger partial charge in [0.05, 0.1) is 0 Å². The maximum atomic E-state index is 13.2. The van der Waals surface area contributed by atoms with Crippen LogP contribution in [0.25, 0.3) is 0 Å². The number of benzene rings is 1. The van der Waals surface area contributed by atoms with Crippen molar-refractivity contribution in [2.75, 3.05) is 32.7 Å². The van der Waals surface area contributed by atoms with Gasteiger partial charge in [-0.2, -0.15) is 0 Å². The zero-order valence-corrected chi connectivity index (χ0v) is 24.5. The zero-order chi connectivity index (χ0) is 27.6. The Morgan fingerprint density at radius 2 is 1.66 bits per heavy atom. The SMILES string of the molecule is Cc1c(CC(=O)[C@H]2CCN(C(=O)OC(C)(C)C)C2)cc(Cl)cc1CN1CCN(C(=O)C2CCCC2)[C@@H](C)C1. The Balaban J connectivity index is 1.35. The smallest absolute Gasteiger partial charge is 0.410 e. The van der Waals surface area contributed by atoms with Crippen molar-refractivity contribution >= 4 is 29.4 Å². The van der Waals surface area contributed by atoms with Gasteiger partial charge in [0, 0.05) is 68.6 Å². The Hall–Kier alpha value is -2.12. The molecule has 0 unspecified atom stereocenters. The van der Waals surface area contributed by atoms with Crippen LogP contribution in [-0.4, -0.2) is 76.9 Å². The van der Waals surface area contributed by atoms with Crippen molar-refractivity contribution in [3.05, 3.63) is 33.8 Å². The van der Waals surface area contributed by atoms with Gasteiger partial charge in [0.15, 0.2) is 0 Å². The molecular formula is C30H44ClN3O4. The van der Waals surface area contributed by atoms with E-state index in [-0.39, 0.29) is 29.8 Å². The molecule has 1 aliphatic carbocycles. The third-order valence-corrected chi connectivity index (χ3v) is 8.56. The number of ketones is 1. The van der Waals surface area contributed by atoms with E-state index < -0.39 is 5.60 Å². The van der Waals surface area contributed by atoms with Crippen LogP contribution in [0.5, 0.6) is 0 Å². The van der Waals surface area contributed by atoms with E-state index >= 15 is 0 Å². The fourth-order valence-corrected chi connectivity index (χ4v) is 6.41. The molecule has 0 aromatic heterocycles. The van der Waals surface area contributed by atoms with E-state index in [9.17, 15) is 14.4 Å². The highest BCUT2D eigenvalue weighted by Gasteiger charge is 2.35. The highest BCUT2D eigenvalue weighted by Crippen LogP contribution is 2.29. The summed E-state index contributed by atoms with van der Waals surface area (Å²) >= 11 is 6.52. The fraction of sp³-hybridized carbons (Fsp3) is 0.700. The third-order valence-electron chi connectivity index (χ3n) is 8.34. The molecule has 0 bridgehead atoms. The van der Waals surface area contributed by atoms with Crippen molar-refractivity contribution in [1.29, 1.82) is 0 Å². The molecule has 3 fully saturated rings. The summed E-state index contributed by atoms with van der Waals surface area (Å²) in [6, 6.07) is 4.10. The summed E-state index contributed by atoms with van der Waals surface area (Å²) in [5, 5.41) is 0.637. The summed E-state index contributed by atoms with van der Waals surface area (Å²) in [4.78, 5) is 44.7. The first kappa shape index (κ1) is 28.9. The largest absolute Gasteiger partial charge is 0.444 e. The molecule has 1 aromatic carbocycles. The van der Waals surface area contributed by atoms with Crippen LogP contribution < -0.4 is 0 Å². The van der Waals surface area contributed by atoms with Crippen molar-refractivity contribution in [1.82, 2.24) is 14.7 Å². The van der Waals surface area contributed by atoms with Gasteiger partial charge in [0.1, 0.15) is 11.4 Å². The molecule has 8 heteroatoms. The number of Topliss-reactive ketones (excluding diaryl/α,β-unsaturated/α-hetero) is 1. The second kappa shape index (κ2) is 12.0. The number of piperazine rings is 1. The molecule has 2 atom stereocenters. The van der Waals surface area contributed by atoms with Gasteiger partial charge in [-0.05, 0) is 82.7 Å². The fourth-order valence-electron chi connectivity index (χ4n) is 6.14. The molecule has 4 rings (SSSR count). The maximum Gasteiger partial charge on any atom is 0.410 e. The molecule has 0 radical (unpaired) electrons. The molecule has 1 saturated carbocycles. The highest BCUT2D eigenvalue weighted by molar-refractivity contribution is 6.30. The van der Waals surface area contributed by atoms with Crippen LogP contribution in [0.1, 0.15) is 76.5 Å². The van der Waals surface area contributed by atoms with Gasteiger partial charge in [-0.3, -0.25) is 14.5 Å². The predicted molar refractivity (Wildman–Crippen MR) is 149 cm³/mol. The van der Waals surface area contributed by atoms with Gasteiger partial charge in [-0.1, -0.05) is 24.4 Å². The van der Waals surface area contributed by atoms with Crippen LogP contribution >= 0.6 is 11.6 Å². The Labute approximate surface area is 232 Å². The molecule has 0 spiro atoms. The summed E-state index contributed by atoms with van der Waals surface area (Å²) in [7, 11) is 0. The minimum absolute atomic E-state index is 0.139. The van der Waals surface area contributed by atoms with E-state index in [4.69, 9.17) is 16.3 Å². The van der Waals surface area contributed by atoms with Crippen molar-refractivity contribution in [2.24, 2.45) is 11.8 Å². The van der Waals surface area contributed by atoms with E-state index in [0.29, 0.717) is 36.9 Å². The lowest BCUT2D eigenvalue weighted by molar-refractivity contribution is -0.140. The number of carbonyl (C=O) groups excluding carboxylic acids is 3. The number of amides is 2. The minimum Gasteiger partial charge on any atom is -0.444 e. The summed E-state index contributed by atoms with van der Waals surface area (Å²) in [5.41, 5.74) is 2.63. The average Bonchev–Trinajstić information content (AvgIpc) is 3.53. The molecular weight excluding hydrogens is 502 g/mol. The highest BCUT2D eigenvalue weighted by atomic mass is 35.5. The number of ether oxygens (including phenoxy) is 1. The van der Waals surface area contributed by atoms with Crippen molar-refractivity contribution in [2.45, 2.75) is 91.3 Å². The molecule has 2 amide bonds. The first-order chi connectivity index (χ1) is 17.9. The van der Waals surface area contributed by atoms with Gasteiger partial charge >= 0.3 is 6.09 Å². The monoisotopic (exact) mass is 545 g/mol. The lowest BCUT2D eigenvalue weighted by Crippen LogP contribution is -2.54. The zero-order valence-electron chi connectivity index (χ0n) is 23.7. The molecule has 210 valence electrons. The molecule has 2 aliphatic heterocycles. The van der Waals surface area contributed by atoms with Gasteiger partial charge in [0.2, 0.25) is 5.91 Å². The van der Waals surface area contributed by atoms with Crippen molar-refractivity contribution < 1.29 is 19.1 Å². The first-order valence-electron chi connectivity index (χ1n) is 14.2. The molecule has 3 aliphatic rings. The van der Waals surface area contributed by atoms with Crippen molar-refractivity contribution in [3.63, 3.8) is 0 Å². The van der Waals surface area contributed by atoms with Crippen molar-refractivity contribution in [3.8, 4) is 0 Å². The van der Waals surface area contributed by atoms with Crippen LogP contribution in [-0.2, 0) is 27.3 Å². The number of rotatable bonds is 6. The van der Waals surface area contributed by atoms with E-state index in [0.717, 1.165) is 55.7 Å². The average molecular weight is 546 g/mol. The molecule has 1 aromatic rings. The van der Waals surface area contributed by atoms with Gasteiger partial charge < -0.3 is 14.5 Å². The van der Waals surface area contributed by atoms with Crippen LogP contribution in [0.4, 0.5) is 4.79 Å². The van der Waals surface area contributed by atoms with E-state index in [1.807, 2.05) is 32.9 Å². The number of hydrogen-bond donors (Lipinski definition) is 0. The van der Waals surface area contributed by atoms with E-state index in [2.05, 4.69) is 23.6 Å². The Kier molecular flexibility index (Phi) is 9.08. The second-order valence-corrected chi connectivity index (χ2v) is 12.9. The van der Waals surface area contributed by atoms with Crippen LogP contribution in [0.2, 0.25) is 5.02 Å². The molecule has 38 heavy (non-hydrogen) atoms.